The number of ether oxygens (including phenoxy) is 2. The molecule has 3 aliphatic heterocycles. The second kappa shape index (κ2) is 10.6. The molecule has 168 valence electrons. The minimum Gasteiger partial charge on any atom is -0.454 e. The fourth-order valence-corrected chi connectivity index (χ4v) is 5.04. The fraction of sp³-hybridized carbons (Fsp3) is 0.696. The highest BCUT2D eigenvalue weighted by Gasteiger charge is 2.30. The summed E-state index contributed by atoms with van der Waals surface area (Å²) in [5, 5.41) is 0. The molecule has 1 aromatic carbocycles. The van der Waals surface area contributed by atoms with Gasteiger partial charge in [-0.15, -0.1) is 12.4 Å². The van der Waals surface area contributed by atoms with Crippen LogP contribution in [0.2, 0.25) is 0 Å². The fourth-order valence-electron chi connectivity index (χ4n) is 5.04. The molecule has 30 heavy (non-hydrogen) atoms. The van der Waals surface area contributed by atoms with Crippen LogP contribution in [0.25, 0.3) is 0 Å². The molecule has 6 nitrogen and oxygen atoms in total. The largest absolute Gasteiger partial charge is 0.454 e. The van der Waals surface area contributed by atoms with Gasteiger partial charge in [-0.3, -0.25) is 0 Å². The van der Waals surface area contributed by atoms with Gasteiger partial charge in [0.25, 0.3) is 0 Å². The number of benzene rings is 1. The van der Waals surface area contributed by atoms with Gasteiger partial charge in [0.1, 0.15) is 0 Å². The number of carbonyl (C=O) groups is 1. The van der Waals surface area contributed by atoms with Crippen LogP contribution in [0.3, 0.4) is 0 Å². The van der Waals surface area contributed by atoms with Crippen LogP contribution in [0, 0.1) is 0 Å². The number of hydrogen-bond donors (Lipinski definition) is 0. The molecule has 2 amide bonds. The van der Waals surface area contributed by atoms with Crippen LogP contribution >= 0.6 is 12.4 Å². The third kappa shape index (κ3) is 5.14. The molecule has 4 rings (SSSR count). The van der Waals surface area contributed by atoms with Crippen molar-refractivity contribution in [3.05, 3.63) is 23.8 Å². The smallest absolute Gasteiger partial charge is 0.320 e. The average molecular weight is 438 g/mol. The maximum absolute atomic E-state index is 13.2. The first kappa shape index (κ1) is 23.0. The molecule has 1 atom stereocenters. The lowest BCUT2D eigenvalue weighted by Crippen LogP contribution is -2.53. The quantitative estimate of drug-likeness (QED) is 0.693. The van der Waals surface area contributed by atoms with Gasteiger partial charge in [0.05, 0.1) is 0 Å². The van der Waals surface area contributed by atoms with Gasteiger partial charge in [-0.05, 0) is 76.7 Å². The van der Waals surface area contributed by atoms with Crippen LogP contribution in [0.4, 0.5) is 4.79 Å². The second-order valence-electron chi connectivity index (χ2n) is 8.62. The maximum Gasteiger partial charge on any atom is 0.320 e. The molecule has 0 unspecified atom stereocenters. The third-order valence-corrected chi connectivity index (χ3v) is 6.73. The lowest BCUT2D eigenvalue weighted by Gasteiger charge is -2.42. The van der Waals surface area contributed by atoms with E-state index in [-0.39, 0.29) is 24.5 Å². The zero-order chi connectivity index (χ0) is 20.2. The van der Waals surface area contributed by atoms with E-state index in [0.717, 1.165) is 50.4 Å². The number of likely N-dealkylation sites (N-methyl/N-ethyl adjacent to an activating group) is 1. The van der Waals surface area contributed by atoms with Gasteiger partial charge in [0.2, 0.25) is 6.79 Å². The van der Waals surface area contributed by atoms with Crippen molar-refractivity contribution in [2.75, 3.05) is 39.5 Å². The standard InChI is InChI=1S/C23H35N3O3.ClH/c1-3-26(18(2)15-19-7-8-21-22(16-19)29-17-28-21)23(27)25-13-9-20(10-14-25)24-11-5-4-6-12-24;/h7-8,16,18,20H,3-6,9-15,17H2,1-2H3;1H/t18-;/m0./s1. The first-order chi connectivity index (χ1) is 14.2. The topological polar surface area (TPSA) is 45.3 Å². The number of carbonyl (C=O) groups excluding carboxylic acids is 1. The Morgan fingerprint density at radius 2 is 1.80 bits per heavy atom. The summed E-state index contributed by atoms with van der Waals surface area (Å²) in [6.07, 6.45) is 7.08. The highest BCUT2D eigenvalue weighted by molar-refractivity contribution is 5.85. The number of halogens is 1. The Balaban J connectivity index is 0.00000256. The molecule has 2 fully saturated rings. The molecule has 3 heterocycles. The Morgan fingerprint density at radius 3 is 2.50 bits per heavy atom. The Bertz CT molecular complexity index is 703. The highest BCUT2D eigenvalue weighted by atomic mass is 35.5. The van der Waals surface area contributed by atoms with Crippen LogP contribution < -0.4 is 9.47 Å². The molecule has 0 saturated carbocycles. The predicted octanol–water partition coefficient (Wildman–Crippen LogP) is 4.16. The molecule has 0 aromatic heterocycles. The normalized spacial score (nSPS) is 20.5. The van der Waals surface area contributed by atoms with E-state index in [4.69, 9.17) is 9.47 Å². The zero-order valence-electron chi connectivity index (χ0n) is 18.3. The molecule has 0 spiro atoms. The minimum absolute atomic E-state index is 0. The second-order valence-corrected chi connectivity index (χ2v) is 8.62. The number of fused-ring (bicyclic) bond motifs is 1. The minimum atomic E-state index is 0. The summed E-state index contributed by atoms with van der Waals surface area (Å²) in [5.74, 6) is 1.62. The van der Waals surface area contributed by atoms with Gasteiger partial charge >= 0.3 is 6.03 Å². The molecule has 0 N–H and O–H groups in total. The van der Waals surface area contributed by atoms with E-state index in [1.165, 1.54) is 37.9 Å². The van der Waals surface area contributed by atoms with E-state index in [1.54, 1.807) is 0 Å². The molecule has 0 radical (unpaired) electrons. The van der Waals surface area contributed by atoms with E-state index < -0.39 is 0 Å². The molecular formula is C23H36ClN3O3. The zero-order valence-corrected chi connectivity index (χ0v) is 19.2. The van der Waals surface area contributed by atoms with Crippen molar-refractivity contribution in [3.63, 3.8) is 0 Å². The number of urea groups is 1. The van der Waals surface area contributed by atoms with Gasteiger partial charge < -0.3 is 24.2 Å². The molecule has 7 heteroatoms. The van der Waals surface area contributed by atoms with Gasteiger partial charge in [0.15, 0.2) is 11.5 Å². The SMILES string of the molecule is CCN(C(=O)N1CCC(N2CCCCC2)CC1)[C@@H](C)Cc1ccc2c(c1)OCO2.Cl. The number of amides is 2. The van der Waals surface area contributed by atoms with Crippen molar-refractivity contribution in [1.29, 1.82) is 0 Å². The van der Waals surface area contributed by atoms with Gasteiger partial charge in [-0.2, -0.15) is 0 Å². The Hall–Kier alpha value is -1.66. The van der Waals surface area contributed by atoms with Crippen molar-refractivity contribution in [1.82, 2.24) is 14.7 Å². The summed E-state index contributed by atoms with van der Waals surface area (Å²) >= 11 is 0. The summed E-state index contributed by atoms with van der Waals surface area (Å²) in [5.41, 5.74) is 1.18. The van der Waals surface area contributed by atoms with E-state index in [2.05, 4.69) is 29.7 Å². The van der Waals surface area contributed by atoms with E-state index in [0.29, 0.717) is 12.8 Å². The first-order valence-electron chi connectivity index (χ1n) is 11.3. The van der Waals surface area contributed by atoms with Gasteiger partial charge in [0, 0.05) is 31.7 Å². The molecule has 3 aliphatic rings. The Morgan fingerprint density at radius 1 is 1.10 bits per heavy atom. The average Bonchev–Trinajstić information content (AvgIpc) is 3.23. The predicted molar refractivity (Wildman–Crippen MR) is 121 cm³/mol. The molecule has 0 bridgehead atoms. The van der Waals surface area contributed by atoms with E-state index in [9.17, 15) is 4.79 Å². The third-order valence-electron chi connectivity index (χ3n) is 6.73. The van der Waals surface area contributed by atoms with Crippen LogP contribution in [0.1, 0.15) is 51.5 Å². The monoisotopic (exact) mass is 437 g/mol. The first-order valence-corrected chi connectivity index (χ1v) is 11.3. The van der Waals surface area contributed by atoms with Gasteiger partial charge in [-0.25, -0.2) is 4.79 Å². The highest BCUT2D eigenvalue weighted by Crippen LogP contribution is 2.33. The molecular weight excluding hydrogens is 402 g/mol. The van der Waals surface area contributed by atoms with Crippen LogP contribution in [-0.4, -0.2) is 72.3 Å². The van der Waals surface area contributed by atoms with Crippen molar-refractivity contribution >= 4 is 18.4 Å². The Kier molecular flexibility index (Phi) is 8.12. The van der Waals surface area contributed by atoms with Crippen molar-refractivity contribution in [3.8, 4) is 11.5 Å². The molecule has 1 aromatic rings. The van der Waals surface area contributed by atoms with Gasteiger partial charge in [-0.1, -0.05) is 12.5 Å². The van der Waals surface area contributed by atoms with Crippen molar-refractivity contribution in [2.45, 2.75) is 64.5 Å². The summed E-state index contributed by atoms with van der Waals surface area (Å²) in [6.45, 7) is 9.50. The number of likely N-dealkylation sites (tertiary alicyclic amines) is 2. The van der Waals surface area contributed by atoms with Crippen molar-refractivity contribution < 1.29 is 14.3 Å². The lowest BCUT2D eigenvalue weighted by atomic mass is 10.00. The van der Waals surface area contributed by atoms with Crippen LogP contribution in [0.5, 0.6) is 11.5 Å². The summed E-state index contributed by atoms with van der Waals surface area (Å²) in [6, 6.07) is 7.09. The lowest BCUT2D eigenvalue weighted by molar-refractivity contribution is 0.0849. The van der Waals surface area contributed by atoms with E-state index in [1.807, 2.05) is 17.0 Å². The number of rotatable bonds is 5. The van der Waals surface area contributed by atoms with Crippen LogP contribution in [-0.2, 0) is 6.42 Å². The maximum atomic E-state index is 13.2. The van der Waals surface area contributed by atoms with E-state index >= 15 is 0 Å². The van der Waals surface area contributed by atoms with Crippen LogP contribution in [0.15, 0.2) is 18.2 Å². The number of hydrogen-bond acceptors (Lipinski definition) is 4. The number of nitrogens with zero attached hydrogens (tertiary/aromatic N) is 3. The summed E-state index contributed by atoms with van der Waals surface area (Å²) in [7, 11) is 0. The van der Waals surface area contributed by atoms with Crippen molar-refractivity contribution in [2.24, 2.45) is 0 Å². The molecule has 2 saturated heterocycles. The molecule has 0 aliphatic carbocycles. The number of piperidine rings is 2. The summed E-state index contributed by atoms with van der Waals surface area (Å²) in [4.78, 5) is 20.0. The Labute approximate surface area is 186 Å². The summed E-state index contributed by atoms with van der Waals surface area (Å²) < 4.78 is 10.9.